The van der Waals surface area contributed by atoms with Crippen LogP contribution in [0.15, 0.2) is 21.6 Å². The molecule has 1 saturated carbocycles. The smallest absolute Gasteiger partial charge is 0.289 e. The third-order valence-electron chi connectivity index (χ3n) is 5.34. The Morgan fingerprint density at radius 1 is 1.17 bits per heavy atom. The summed E-state index contributed by atoms with van der Waals surface area (Å²) in [5.41, 5.74) is 0. The number of rotatable bonds is 4. The molecule has 0 bridgehead atoms. The van der Waals surface area contributed by atoms with Crippen LogP contribution in [-0.4, -0.2) is 49.7 Å². The van der Waals surface area contributed by atoms with Crippen LogP contribution >= 0.6 is 0 Å². The standard InChI is InChI=1S/C17H26N2O4S/c1-13-7-3-4-8-14(13)18(2)17(20)15-9-10-16(23-15)24(21,22)19-11-5-6-12-19/h9-10,13-14H,3-8,11-12H2,1-2H3/t13-,14-/m1/s1. The summed E-state index contributed by atoms with van der Waals surface area (Å²) in [6.07, 6.45) is 6.18. The van der Waals surface area contributed by atoms with Crippen LogP contribution in [0.5, 0.6) is 0 Å². The summed E-state index contributed by atoms with van der Waals surface area (Å²) in [5.74, 6) is 0.320. The van der Waals surface area contributed by atoms with Crippen molar-refractivity contribution in [3.8, 4) is 0 Å². The largest absolute Gasteiger partial charge is 0.438 e. The Balaban J connectivity index is 1.76. The van der Waals surface area contributed by atoms with E-state index >= 15 is 0 Å². The minimum Gasteiger partial charge on any atom is -0.438 e. The van der Waals surface area contributed by atoms with Gasteiger partial charge in [0.2, 0.25) is 5.09 Å². The van der Waals surface area contributed by atoms with E-state index in [2.05, 4.69) is 6.92 Å². The number of sulfonamides is 1. The molecule has 0 aromatic carbocycles. The molecule has 1 aromatic heterocycles. The van der Waals surface area contributed by atoms with Crippen LogP contribution in [0, 0.1) is 5.92 Å². The van der Waals surface area contributed by atoms with Crippen molar-refractivity contribution in [1.29, 1.82) is 0 Å². The molecular formula is C17H26N2O4S. The molecule has 2 fully saturated rings. The van der Waals surface area contributed by atoms with Crippen LogP contribution in [0.3, 0.4) is 0 Å². The molecule has 1 aromatic rings. The molecule has 6 nitrogen and oxygen atoms in total. The Morgan fingerprint density at radius 2 is 1.83 bits per heavy atom. The summed E-state index contributed by atoms with van der Waals surface area (Å²) in [5, 5.41) is -0.127. The van der Waals surface area contributed by atoms with E-state index in [9.17, 15) is 13.2 Å². The molecule has 24 heavy (non-hydrogen) atoms. The predicted octanol–water partition coefficient (Wildman–Crippen LogP) is 2.71. The summed E-state index contributed by atoms with van der Waals surface area (Å²) < 4.78 is 31.9. The second-order valence-corrected chi connectivity index (χ2v) is 8.84. The Kier molecular flexibility index (Phi) is 5.01. The van der Waals surface area contributed by atoms with Gasteiger partial charge >= 0.3 is 0 Å². The highest BCUT2D eigenvalue weighted by atomic mass is 32.2. The fourth-order valence-corrected chi connectivity index (χ4v) is 5.25. The van der Waals surface area contributed by atoms with Gasteiger partial charge in [-0.15, -0.1) is 0 Å². The van der Waals surface area contributed by atoms with E-state index in [1.165, 1.54) is 22.9 Å². The third kappa shape index (κ3) is 3.24. The van der Waals surface area contributed by atoms with Crippen LogP contribution in [-0.2, 0) is 10.0 Å². The van der Waals surface area contributed by atoms with Gasteiger partial charge in [-0.3, -0.25) is 4.79 Å². The van der Waals surface area contributed by atoms with Crippen molar-refractivity contribution < 1.29 is 17.6 Å². The average molecular weight is 354 g/mol. The monoisotopic (exact) mass is 354 g/mol. The molecule has 2 atom stereocenters. The fraction of sp³-hybridized carbons (Fsp3) is 0.706. The normalized spacial score (nSPS) is 25.8. The van der Waals surface area contributed by atoms with Crippen molar-refractivity contribution in [3.05, 3.63) is 17.9 Å². The summed E-state index contributed by atoms with van der Waals surface area (Å²) in [6, 6.07) is 3.07. The molecule has 1 amide bonds. The number of amides is 1. The second kappa shape index (κ2) is 6.88. The topological polar surface area (TPSA) is 70.8 Å². The zero-order chi connectivity index (χ0) is 17.3. The minimum atomic E-state index is -3.62. The lowest BCUT2D eigenvalue weighted by molar-refractivity contribution is 0.0592. The van der Waals surface area contributed by atoms with Crippen LogP contribution < -0.4 is 0 Å². The maximum atomic E-state index is 12.7. The number of hydrogen-bond donors (Lipinski definition) is 0. The van der Waals surface area contributed by atoms with Crippen molar-refractivity contribution in [2.24, 2.45) is 5.92 Å². The van der Waals surface area contributed by atoms with Crippen LogP contribution in [0.25, 0.3) is 0 Å². The molecule has 0 radical (unpaired) electrons. The molecule has 2 heterocycles. The zero-order valence-corrected chi connectivity index (χ0v) is 15.2. The third-order valence-corrected chi connectivity index (χ3v) is 7.11. The van der Waals surface area contributed by atoms with Gasteiger partial charge < -0.3 is 9.32 Å². The Hall–Kier alpha value is -1.34. The van der Waals surface area contributed by atoms with Crippen molar-refractivity contribution in [1.82, 2.24) is 9.21 Å². The van der Waals surface area contributed by atoms with E-state index in [0.29, 0.717) is 19.0 Å². The van der Waals surface area contributed by atoms with Crippen molar-refractivity contribution in [2.45, 2.75) is 56.6 Å². The van der Waals surface area contributed by atoms with E-state index < -0.39 is 10.0 Å². The summed E-state index contributed by atoms with van der Waals surface area (Å²) in [6.45, 7) is 3.20. The molecular weight excluding hydrogens is 328 g/mol. The molecule has 2 aliphatic rings. The lowest BCUT2D eigenvalue weighted by atomic mass is 9.85. The maximum Gasteiger partial charge on any atom is 0.289 e. The molecule has 134 valence electrons. The molecule has 1 aliphatic heterocycles. The molecule has 0 N–H and O–H groups in total. The predicted molar refractivity (Wildman–Crippen MR) is 90.2 cm³/mol. The number of carbonyl (C=O) groups is 1. The quantitative estimate of drug-likeness (QED) is 0.833. The molecule has 0 spiro atoms. The molecule has 0 unspecified atom stereocenters. The molecule has 1 saturated heterocycles. The first-order chi connectivity index (χ1) is 11.4. The first-order valence-electron chi connectivity index (χ1n) is 8.78. The van der Waals surface area contributed by atoms with Crippen molar-refractivity contribution in [3.63, 3.8) is 0 Å². The lowest BCUT2D eigenvalue weighted by Crippen LogP contribution is -2.42. The van der Waals surface area contributed by atoms with Gasteiger partial charge in [0.05, 0.1) is 0 Å². The van der Waals surface area contributed by atoms with Gasteiger partial charge in [0.1, 0.15) is 0 Å². The zero-order valence-electron chi connectivity index (χ0n) is 14.4. The van der Waals surface area contributed by atoms with Gasteiger partial charge in [0.25, 0.3) is 15.9 Å². The van der Waals surface area contributed by atoms with E-state index in [4.69, 9.17) is 4.42 Å². The van der Waals surface area contributed by atoms with Gasteiger partial charge in [0.15, 0.2) is 5.76 Å². The average Bonchev–Trinajstić information content (AvgIpc) is 3.26. The van der Waals surface area contributed by atoms with Gasteiger partial charge in [-0.25, -0.2) is 8.42 Å². The highest BCUT2D eigenvalue weighted by Crippen LogP contribution is 2.29. The molecule has 7 heteroatoms. The summed E-state index contributed by atoms with van der Waals surface area (Å²) in [7, 11) is -1.83. The van der Waals surface area contributed by atoms with E-state index in [1.807, 2.05) is 0 Å². The van der Waals surface area contributed by atoms with Crippen molar-refractivity contribution in [2.75, 3.05) is 20.1 Å². The van der Waals surface area contributed by atoms with Crippen LogP contribution in [0.1, 0.15) is 56.0 Å². The van der Waals surface area contributed by atoms with Crippen LogP contribution in [0.4, 0.5) is 0 Å². The van der Waals surface area contributed by atoms with Gasteiger partial charge in [-0.2, -0.15) is 4.31 Å². The number of nitrogens with zero attached hydrogens (tertiary/aromatic N) is 2. The van der Waals surface area contributed by atoms with E-state index in [-0.39, 0.29) is 22.8 Å². The van der Waals surface area contributed by atoms with Gasteiger partial charge in [-0.05, 0) is 43.7 Å². The second-order valence-electron chi connectivity index (χ2n) is 6.98. The van der Waals surface area contributed by atoms with Gasteiger partial charge in [-0.1, -0.05) is 19.8 Å². The highest BCUT2D eigenvalue weighted by molar-refractivity contribution is 7.89. The first-order valence-corrected chi connectivity index (χ1v) is 10.2. The summed E-state index contributed by atoms with van der Waals surface area (Å²) in [4.78, 5) is 14.4. The number of carbonyl (C=O) groups excluding carboxylic acids is 1. The number of furan rings is 1. The number of hydrogen-bond acceptors (Lipinski definition) is 4. The van der Waals surface area contributed by atoms with E-state index in [1.54, 1.807) is 11.9 Å². The van der Waals surface area contributed by atoms with Gasteiger partial charge in [0, 0.05) is 26.2 Å². The Bertz CT molecular complexity index is 691. The minimum absolute atomic E-state index is 0.105. The van der Waals surface area contributed by atoms with Crippen molar-refractivity contribution >= 4 is 15.9 Å². The van der Waals surface area contributed by atoms with Crippen LogP contribution in [0.2, 0.25) is 0 Å². The lowest BCUT2D eigenvalue weighted by Gasteiger charge is -2.35. The van der Waals surface area contributed by atoms with E-state index in [0.717, 1.165) is 32.1 Å². The highest BCUT2D eigenvalue weighted by Gasteiger charge is 2.33. The Morgan fingerprint density at radius 3 is 2.50 bits per heavy atom. The molecule has 1 aliphatic carbocycles. The summed E-state index contributed by atoms with van der Waals surface area (Å²) >= 11 is 0. The fourth-order valence-electron chi connectivity index (χ4n) is 3.83. The molecule has 3 rings (SSSR count). The first kappa shape index (κ1) is 17.5. The maximum absolute atomic E-state index is 12.7. The Labute approximate surface area is 143 Å². The SMILES string of the molecule is C[C@@H]1CCCC[C@H]1N(C)C(=O)c1ccc(S(=O)(=O)N2CCCC2)o1.